The maximum Gasteiger partial charge on any atom is 0.293 e. The maximum atomic E-state index is 10.5. The molecule has 0 aliphatic rings. The molecule has 1 aromatic rings. The van der Waals surface area contributed by atoms with Gasteiger partial charge in [-0.3, -0.25) is 4.79 Å². The lowest BCUT2D eigenvalue weighted by atomic mass is 9.99. The van der Waals surface area contributed by atoms with Gasteiger partial charge in [0.25, 0.3) is 6.47 Å². The predicted molar refractivity (Wildman–Crippen MR) is 70.1 cm³/mol. The molecule has 1 atom stereocenters. The lowest BCUT2D eigenvalue weighted by molar-refractivity contribution is -0.134. The van der Waals surface area contributed by atoms with Gasteiger partial charge in [-0.25, -0.2) is 0 Å². The number of anilines is 1. The highest BCUT2D eigenvalue weighted by Crippen LogP contribution is 2.26. The Kier molecular flexibility index (Phi) is 5.01. The van der Waals surface area contributed by atoms with Crippen molar-refractivity contribution in [1.29, 1.82) is 0 Å². The fourth-order valence-electron chi connectivity index (χ4n) is 1.75. The van der Waals surface area contributed by atoms with E-state index in [0.717, 1.165) is 17.7 Å². The van der Waals surface area contributed by atoms with E-state index in [4.69, 9.17) is 4.74 Å². The van der Waals surface area contributed by atoms with Gasteiger partial charge < -0.3 is 9.64 Å². The Balaban J connectivity index is 2.83. The van der Waals surface area contributed by atoms with Crippen molar-refractivity contribution in [2.75, 3.05) is 19.0 Å². The Morgan fingerprint density at radius 2 is 1.82 bits per heavy atom. The lowest BCUT2D eigenvalue weighted by Crippen LogP contribution is -2.10. The summed E-state index contributed by atoms with van der Waals surface area (Å²) in [6.45, 7) is 4.78. The van der Waals surface area contributed by atoms with E-state index in [-0.39, 0.29) is 6.10 Å². The molecule has 17 heavy (non-hydrogen) atoms. The molecule has 1 aromatic carbocycles. The predicted octanol–water partition coefficient (Wildman–Crippen LogP) is 3.01. The Morgan fingerprint density at radius 1 is 1.24 bits per heavy atom. The Bertz CT molecular complexity index is 344. The summed E-state index contributed by atoms with van der Waals surface area (Å²) in [6.07, 6.45) is 0.712. The molecule has 1 rings (SSSR count). The highest BCUT2D eigenvalue weighted by molar-refractivity contribution is 5.47. The summed E-state index contributed by atoms with van der Waals surface area (Å²) in [5.74, 6) is 0.494. The highest BCUT2D eigenvalue weighted by Gasteiger charge is 2.14. The van der Waals surface area contributed by atoms with Crippen LogP contribution >= 0.6 is 0 Å². The van der Waals surface area contributed by atoms with E-state index < -0.39 is 0 Å². The molecule has 3 heteroatoms. The first-order valence-corrected chi connectivity index (χ1v) is 5.91. The minimum atomic E-state index is -0.135. The van der Waals surface area contributed by atoms with Gasteiger partial charge in [0.1, 0.15) is 6.10 Å². The minimum absolute atomic E-state index is 0.135. The molecule has 94 valence electrons. The van der Waals surface area contributed by atoms with E-state index in [1.807, 2.05) is 43.3 Å². The topological polar surface area (TPSA) is 29.5 Å². The van der Waals surface area contributed by atoms with Gasteiger partial charge in [0.05, 0.1) is 0 Å². The minimum Gasteiger partial charge on any atom is -0.460 e. The number of rotatable bonds is 6. The van der Waals surface area contributed by atoms with E-state index in [1.165, 1.54) is 0 Å². The molecular weight excluding hydrogens is 214 g/mol. The molecule has 0 aliphatic heterocycles. The zero-order chi connectivity index (χ0) is 12.8. The maximum absolute atomic E-state index is 10.5. The van der Waals surface area contributed by atoms with Crippen molar-refractivity contribution in [3.63, 3.8) is 0 Å². The quantitative estimate of drug-likeness (QED) is 0.710. The van der Waals surface area contributed by atoms with Crippen LogP contribution in [-0.2, 0) is 9.53 Å². The molecule has 0 bridgehead atoms. The second-order valence-corrected chi connectivity index (χ2v) is 4.84. The van der Waals surface area contributed by atoms with Crippen LogP contribution in [0, 0.1) is 5.92 Å². The average Bonchev–Trinajstić information content (AvgIpc) is 2.28. The molecule has 0 aliphatic carbocycles. The van der Waals surface area contributed by atoms with Gasteiger partial charge in [-0.2, -0.15) is 0 Å². The van der Waals surface area contributed by atoms with Crippen LogP contribution in [-0.4, -0.2) is 20.6 Å². The lowest BCUT2D eigenvalue weighted by Gasteiger charge is -2.19. The van der Waals surface area contributed by atoms with Gasteiger partial charge in [0, 0.05) is 19.8 Å². The largest absolute Gasteiger partial charge is 0.460 e. The number of carbonyl (C=O) groups excluding carboxylic acids is 1. The first-order chi connectivity index (χ1) is 8.04. The van der Waals surface area contributed by atoms with Crippen LogP contribution in [0.15, 0.2) is 24.3 Å². The summed E-state index contributed by atoms with van der Waals surface area (Å²) >= 11 is 0. The molecule has 0 radical (unpaired) electrons. The smallest absolute Gasteiger partial charge is 0.293 e. The third kappa shape index (κ3) is 4.10. The monoisotopic (exact) mass is 235 g/mol. The molecule has 0 N–H and O–H groups in total. The van der Waals surface area contributed by atoms with E-state index >= 15 is 0 Å². The zero-order valence-electron chi connectivity index (χ0n) is 11.0. The standard InChI is InChI=1S/C14H21NO2/c1-11(2)9-14(17-10-16)12-5-7-13(8-6-12)15(3)4/h5-8,10-11,14H,9H2,1-4H3. The molecule has 1 unspecified atom stereocenters. The Hall–Kier alpha value is -1.51. The van der Waals surface area contributed by atoms with Crippen LogP contribution in [0.25, 0.3) is 0 Å². The molecule has 0 fully saturated rings. The van der Waals surface area contributed by atoms with Gasteiger partial charge in [0.2, 0.25) is 0 Å². The van der Waals surface area contributed by atoms with Gasteiger partial charge >= 0.3 is 0 Å². The molecule has 0 heterocycles. The number of benzene rings is 1. The van der Waals surface area contributed by atoms with Crippen molar-refractivity contribution in [3.05, 3.63) is 29.8 Å². The van der Waals surface area contributed by atoms with Gasteiger partial charge in [0.15, 0.2) is 0 Å². The SMILES string of the molecule is CC(C)CC(OC=O)c1ccc(N(C)C)cc1. The van der Waals surface area contributed by atoms with Crippen molar-refractivity contribution < 1.29 is 9.53 Å². The fourth-order valence-corrected chi connectivity index (χ4v) is 1.75. The summed E-state index contributed by atoms with van der Waals surface area (Å²) in [4.78, 5) is 12.6. The van der Waals surface area contributed by atoms with Crippen LogP contribution in [0.2, 0.25) is 0 Å². The number of hydrogen-bond acceptors (Lipinski definition) is 3. The van der Waals surface area contributed by atoms with Crippen LogP contribution in [0.5, 0.6) is 0 Å². The van der Waals surface area contributed by atoms with Gasteiger partial charge in [-0.1, -0.05) is 26.0 Å². The first kappa shape index (κ1) is 13.6. The van der Waals surface area contributed by atoms with Gasteiger partial charge in [-0.15, -0.1) is 0 Å². The third-order valence-electron chi connectivity index (χ3n) is 2.69. The zero-order valence-corrected chi connectivity index (χ0v) is 11.0. The average molecular weight is 235 g/mol. The van der Waals surface area contributed by atoms with Crippen molar-refractivity contribution >= 4 is 12.2 Å². The molecule has 0 amide bonds. The molecular formula is C14H21NO2. The molecule has 0 aromatic heterocycles. The van der Waals surface area contributed by atoms with Crippen molar-refractivity contribution in [3.8, 4) is 0 Å². The van der Waals surface area contributed by atoms with Crippen LogP contribution in [0.3, 0.4) is 0 Å². The molecule has 0 saturated heterocycles. The third-order valence-corrected chi connectivity index (χ3v) is 2.69. The van der Waals surface area contributed by atoms with Crippen LogP contribution < -0.4 is 4.90 Å². The highest BCUT2D eigenvalue weighted by atomic mass is 16.5. The van der Waals surface area contributed by atoms with E-state index in [9.17, 15) is 4.79 Å². The van der Waals surface area contributed by atoms with E-state index in [2.05, 4.69) is 13.8 Å². The van der Waals surface area contributed by atoms with Crippen molar-refractivity contribution in [2.45, 2.75) is 26.4 Å². The summed E-state index contributed by atoms with van der Waals surface area (Å²) in [5, 5.41) is 0. The van der Waals surface area contributed by atoms with E-state index in [1.54, 1.807) is 0 Å². The summed E-state index contributed by atoms with van der Waals surface area (Å²) in [6, 6.07) is 8.12. The number of ether oxygens (including phenoxy) is 1. The summed E-state index contributed by atoms with van der Waals surface area (Å²) in [7, 11) is 4.01. The fraction of sp³-hybridized carbons (Fsp3) is 0.500. The molecule has 0 saturated carbocycles. The van der Waals surface area contributed by atoms with Gasteiger partial charge in [-0.05, 0) is 30.0 Å². The second kappa shape index (κ2) is 6.28. The van der Waals surface area contributed by atoms with Crippen LogP contribution in [0.1, 0.15) is 31.9 Å². The summed E-state index contributed by atoms with van der Waals surface area (Å²) < 4.78 is 5.15. The second-order valence-electron chi connectivity index (χ2n) is 4.84. The number of nitrogens with zero attached hydrogens (tertiary/aromatic N) is 1. The first-order valence-electron chi connectivity index (χ1n) is 5.91. The van der Waals surface area contributed by atoms with E-state index in [0.29, 0.717) is 12.4 Å². The van der Waals surface area contributed by atoms with Crippen molar-refractivity contribution in [1.82, 2.24) is 0 Å². The van der Waals surface area contributed by atoms with Crippen LogP contribution in [0.4, 0.5) is 5.69 Å². The Labute approximate surface area is 103 Å². The normalized spacial score (nSPS) is 12.3. The Morgan fingerprint density at radius 3 is 2.24 bits per heavy atom. The summed E-state index contributed by atoms with van der Waals surface area (Å²) in [5.41, 5.74) is 2.19. The number of carbonyl (C=O) groups is 1. The molecule has 0 spiro atoms. The van der Waals surface area contributed by atoms with Crippen molar-refractivity contribution in [2.24, 2.45) is 5.92 Å². The molecule has 3 nitrogen and oxygen atoms in total. The number of hydrogen-bond donors (Lipinski definition) is 0.